The maximum atomic E-state index is 11.5. The number of nitrogens with two attached hydrogens (primary N) is 1. The molecular formula is C12H23N3O3. The summed E-state index contributed by atoms with van der Waals surface area (Å²) in [4.78, 5) is 23.0. The zero-order valence-corrected chi connectivity index (χ0v) is 11.4. The minimum absolute atomic E-state index is 0.0880. The second-order valence-electron chi connectivity index (χ2n) is 5.49. The summed E-state index contributed by atoms with van der Waals surface area (Å²) in [7, 11) is 0. The molecular weight excluding hydrogens is 234 g/mol. The Morgan fingerprint density at radius 3 is 2.17 bits per heavy atom. The first-order valence-electron chi connectivity index (χ1n) is 6.26. The number of rotatable bonds is 0. The first-order chi connectivity index (χ1) is 8.29. The summed E-state index contributed by atoms with van der Waals surface area (Å²) in [6.45, 7) is 8.86. The standard InChI is InChI=1S/C9H18N2O2.C3H5NO/c1-9(2,3)13-8(12)11-6-4-10-5-7-11;4-2-1-3(2)5/h10H,4-7H2,1-3H3;2H,1,4H2. The Morgan fingerprint density at radius 2 is 1.83 bits per heavy atom. The van der Waals surface area contributed by atoms with Gasteiger partial charge in [0.1, 0.15) is 5.60 Å². The van der Waals surface area contributed by atoms with Crippen LogP contribution >= 0.6 is 0 Å². The third-order valence-corrected chi connectivity index (χ3v) is 2.44. The predicted molar refractivity (Wildman–Crippen MR) is 68.3 cm³/mol. The number of nitrogens with zero attached hydrogens (tertiary/aromatic N) is 1. The highest BCUT2D eigenvalue weighted by molar-refractivity contribution is 5.99. The molecule has 0 spiro atoms. The van der Waals surface area contributed by atoms with Crippen LogP contribution in [-0.2, 0) is 9.53 Å². The van der Waals surface area contributed by atoms with Crippen LogP contribution in [0.25, 0.3) is 0 Å². The van der Waals surface area contributed by atoms with Gasteiger partial charge in [-0.25, -0.2) is 4.79 Å². The smallest absolute Gasteiger partial charge is 0.410 e. The molecule has 0 aromatic rings. The summed E-state index contributed by atoms with van der Waals surface area (Å²) in [5.74, 6) is 0.199. The third kappa shape index (κ3) is 5.97. The van der Waals surface area contributed by atoms with E-state index in [0.29, 0.717) is 6.42 Å². The number of hydrogen-bond acceptors (Lipinski definition) is 5. The summed E-state index contributed by atoms with van der Waals surface area (Å²) >= 11 is 0. The highest BCUT2D eigenvalue weighted by Crippen LogP contribution is 2.10. The van der Waals surface area contributed by atoms with Crippen LogP contribution in [0.1, 0.15) is 27.2 Å². The molecule has 104 valence electrons. The molecule has 0 radical (unpaired) electrons. The largest absolute Gasteiger partial charge is 0.444 e. The number of piperazine rings is 1. The van der Waals surface area contributed by atoms with Crippen LogP contribution < -0.4 is 11.1 Å². The van der Waals surface area contributed by atoms with E-state index in [2.05, 4.69) is 5.32 Å². The molecule has 2 aliphatic rings. The number of nitrogens with one attached hydrogen (secondary N) is 1. The molecule has 1 aliphatic heterocycles. The molecule has 1 heterocycles. The Kier molecular flexibility index (Phi) is 5.10. The average Bonchev–Trinajstić information content (AvgIpc) is 2.92. The highest BCUT2D eigenvalue weighted by Gasteiger charge is 2.29. The molecule has 1 atom stereocenters. The topological polar surface area (TPSA) is 84.7 Å². The molecule has 0 aromatic heterocycles. The number of ether oxygens (including phenoxy) is 1. The number of amides is 1. The monoisotopic (exact) mass is 257 g/mol. The zero-order valence-electron chi connectivity index (χ0n) is 11.4. The van der Waals surface area contributed by atoms with Gasteiger partial charge < -0.3 is 20.7 Å². The van der Waals surface area contributed by atoms with Crippen molar-refractivity contribution in [3.8, 4) is 0 Å². The van der Waals surface area contributed by atoms with Gasteiger partial charge in [0.25, 0.3) is 0 Å². The summed E-state index contributed by atoms with van der Waals surface area (Å²) < 4.78 is 5.24. The third-order valence-electron chi connectivity index (χ3n) is 2.44. The number of Topliss-reactive ketones (excluding diaryl/α,β-unsaturated/α-hetero) is 1. The van der Waals surface area contributed by atoms with Crippen molar-refractivity contribution < 1.29 is 14.3 Å². The molecule has 6 heteroatoms. The van der Waals surface area contributed by atoms with Crippen molar-refractivity contribution >= 4 is 11.9 Å². The quantitative estimate of drug-likeness (QED) is 0.643. The van der Waals surface area contributed by atoms with Gasteiger partial charge in [0, 0.05) is 32.6 Å². The molecule has 2 fully saturated rings. The lowest BCUT2D eigenvalue weighted by Gasteiger charge is -2.30. The van der Waals surface area contributed by atoms with Crippen molar-refractivity contribution in [2.24, 2.45) is 5.73 Å². The SMILES string of the molecule is CC(C)(C)OC(=O)N1CCNCC1.NC1CC1=O. The molecule has 0 bridgehead atoms. The second kappa shape index (κ2) is 6.15. The molecule has 1 saturated carbocycles. The molecule has 2 rings (SSSR count). The van der Waals surface area contributed by atoms with Crippen LogP contribution in [-0.4, -0.2) is 54.6 Å². The summed E-state index contributed by atoms with van der Waals surface area (Å²) in [6, 6.07) is -0.0880. The summed E-state index contributed by atoms with van der Waals surface area (Å²) in [6.07, 6.45) is 0.411. The van der Waals surface area contributed by atoms with Crippen LogP contribution in [0.5, 0.6) is 0 Å². The van der Waals surface area contributed by atoms with Crippen molar-refractivity contribution in [3.05, 3.63) is 0 Å². The van der Waals surface area contributed by atoms with E-state index < -0.39 is 0 Å². The molecule has 3 N–H and O–H groups in total. The molecule has 6 nitrogen and oxygen atoms in total. The Balaban J connectivity index is 0.000000269. The van der Waals surface area contributed by atoms with Crippen LogP contribution in [0.4, 0.5) is 4.79 Å². The minimum Gasteiger partial charge on any atom is -0.444 e. The fraction of sp³-hybridized carbons (Fsp3) is 0.833. The van der Waals surface area contributed by atoms with Crippen molar-refractivity contribution in [2.45, 2.75) is 38.8 Å². The van der Waals surface area contributed by atoms with Crippen molar-refractivity contribution in [2.75, 3.05) is 26.2 Å². The Labute approximate surface area is 108 Å². The van der Waals surface area contributed by atoms with Crippen molar-refractivity contribution in [1.29, 1.82) is 0 Å². The summed E-state index contributed by atoms with van der Waals surface area (Å²) in [5, 5.41) is 3.18. The Bertz CT molecular complexity index is 306. The number of ketones is 1. The molecule has 1 amide bonds. The minimum atomic E-state index is -0.387. The van der Waals surface area contributed by atoms with E-state index in [1.54, 1.807) is 4.90 Å². The molecule has 18 heavy (non-hydrogen) atoms. The van der Waals surface area contributed by atoms with E-state index in [4.69, 9.17) is 10.5 Å². The maximum Gasteiger partial charge on any atom is 0.410 e. The second-order valence-corrected chi connectivity index (χ2v) is 5.49. The highest BCUT2D eigenvalue weighted by atomic mass is 16.6. The van der Waals surface area contributed by atoms with Gasteiger partial charge in [0.05, 0.1) is 6.04 Å². The first-order valence-corrected chi connectivity index (χ1v) is 6.26. The van der Waals surface area contributed by atoms with Crippen LogP contribution in [0.2, 0.25) is 0 Å². The molecule has 1 saturated heterocycles. The Morgan fingerprint density at radius 1 is 1.39 bits per heavy atom. The van der Waals surface area contributed by atoms with E-state index in [9.17, 15) is 9.59 Å². The fourth-order valence-electron chi connectivity index (χ4n) is 1.33. The van der Waals surface area contributed by atoms with Crippen LogP contribution in [0.15, 0.2) is 0 Å². The van der Waals surface area contributed by atoms with E-state index in [1.165, 1.54) is 0 Å². The molecule has 1 aliphatic carbocycles. The average molecular weight is 257 g/mol. The lowest BCUT2D eigenvalue weighted by Crippen LogP contribution is -2.48. The number of carbonyl (C=O) groups is 2. The van der Waals surface area contributed by atoms with Gasteiger partial charge in [-0.05, 0) is 20.8 Å². The van der Waals surface area contributed by atoms with E-state index >= 15 is 0 Å². The van der Waals surface area contributed by atoms with Gasteiger partial charge in [-0.2, -0.15) is 0 Å². The molecule has 1 unspecified atom stereocenters. The van der Waals surface area contributed by atoms with Crippen LogP contribution in [0, 0.1) is 0 Å². The van der Waals surface area contributed by atoms with E-state index in [1.807, 2.05) is 20.8 Å². The normalized spacial score (nSPS) is 23.0. The van der Waals surface area contributed by atoms with E-state index in [0.717, 1.165) is 26.2 Å². The number of carbonyl (C=O) groups excluding carboxylic acids is 2. The van der Waals surface area contributed by atoms with Crippen molar-refractivity contribution in [3.63, 3.8) is 0 Å². The lowest BCUT2D eigenvalue weighted by molar-refractivity contribution is -0.110. The lowest BCUT2D eigenvalue weighted by atomic mass is 10.2. The van der Waals surface area contributed by atoms with Gasteiger partial charge in [0.2, 0.25) is 0 Å². The first kappa shape index (κ1) is 14.9. The number of hydrogen-bond donors (Lipinski definition) is 2. The van der Waals surface area contributed by atoms with Gasteiger partial charge in [-0.15, -0.1) is 0 Å². The van der Waals surface area contributed by atoms with Crippen LogP contribution in [0.3, 0.4) is 0 Å². The fourth-order valence-corrected chi connectivity index (χ4v) is 1.33. The van der Waals surface area contributed by atoms with Gasteiger partial charge in [-0.3, -0.25) is 4.79 Å². The van der Waals surface area contributed by atoms with Gasteiger partial charge in [-0.1, -0.05) is 0 Å². The molecule has 0 aromatic carbocycles. The van der Waals surface area contributed by atoms with Gasteiger partial charge >= 0.3 is 6.09 Å². The summed E-state index contributed by atoms with van der Waals surface area (Å²) in [5.41, 5.74) is 4.63. The zero-order chi connectivity index (χ0) is 13.8. The predicted octanol–water partition coefficient (Wildman–Crippen LogP) is 0.113. The maximum absolute atomic E-state index is 11.5. The van der Waals surface area contributed by atoms with E-state index in [-0.39, 0.29) is 23.5 Å². The van der Waals surface area contributed by atoms with Crippen molar-refractivity contribution in [1.82, 2.24) is 10.2 Å². The Hall–Kier alpha value is -1.14. The van der Waals surface area contributed by atoms with Gasteiger partial charge in [0.15, 0.2) is 5.78 Å².